The van der Waals surface area contributed by atoms with Crippen LogP contribution in [0.1, 0.15) is 42.4 Å². The number of benzene rings is 2. The van der Waals surface area contributed by atoms with Gasteiger partial charge in [0, 0.05) is 44.9 Å². The highest BCUT2D eigenvalue weighted by Crippen LogP contribution is 2.27. The largest absolute Gasteiger partial charge is 0.490 e. The van der Waals surface area contributed by atoms with Gasteiger partial charge in [-0.3, -0.25) is 4.79 Å². The molecule has 2 aromatic rings. The topological polar surface area (TPSA) is 66.9 Å². The third-order valence-corrected chi connectivity index (χ3v) is 8.63. The first-order valence-corrected chi connectivity index (χ1v) is 13.5. The Morgan fingerprint density at radius 2 is 1.61 bits per heavy atom. The fourth-order valence-electron chi connectivity index (χ4n) is 4.72. The van der Waals surface area contributed by atoms with Crippen molar-refractivity contribution in [1.82, 2.24) is 9.21 Å². The normalized spacial score (nSPS) is 18.9. The third-order valence-electron chi connectivity index (χ3n) is 6.78. The van der Waals surface area contributed by atoms with Crippen LogP contribution in [0.3, 0.4) is 0 Å². The molecule has 33 heavy (non-hydrogen) atoms. The van der Waals surface area contributed by atoms with Crippen molar-refractivity contribution in [3.63, 3.8) is 0 Å². The van der Waals surface area contributed by atoms with Gasteiger partial charge in [-0.2, -0.15) is 0 Å². The van der Waals surface area contributed by atoms with Gasteiger partial charge in [-0.25, -0.2) is 12.7 Å². The van der Waals surface area contributed by atoms with Crippen molar-refractivity contribution in [3.05, 3.63) is 65.2 Å². The van der Waals surface area contributed by atoms with Crippen LogP contribution >= 0.6 is 0 Å². The van der Waals surface area contributed by atoms with E-state index in [0.717, 1.165) is 29.7 Å². The minimum atomic E-state index is -3.36. The van der Waals surface area contributed by atoms with E-state index in [2.05, 4.69) is 32.0 Å². The molecule has 6 nitrogen and oxygen atoms in total. The minimum Gasteiger partial charge on any atom is -0.490 e. The molecule has 178 valence electrons. The molecule has 4 rings (SSSR count). The highest BCUT2D eigenvalue weighted by molar-refractivity contribution is 7.88. The van der Waals surface area contributed by atoms with Crippen molar-refractivity contribution in [1.29, 1.82) is 0 Å². The zero-order chi connectivity index (χ0) is 23.4. The molecule has 0 unspecified atom stereocenters. The number of aryl methyl sites for hydroxylation is 2. The number of nitrogens with zero attached hydrogens (tertiary/aromatic N) is 2. The van der Waals surface area contributed by atoms with E-state index >= 15 is 0 Å². The van der Waals surface area contributed by atoms with E-state index in [9.17, 15) is 13.2 Å². The molecule has 2 aromatic carbocycles. The van der Waals surface area contributed by atoms with Crippen molar-refractivity contribution >= 4 is 15.9 Å². The first-order valence-electron chi connectivity index (χ1n) is 11.9. The van der Waals surface area contributed by atoms with Crippen molar-refractivity contribution < 1.29 is 17.9 Å². The van der Waals surface area contributed by atoms with E-state index < -0.39 is 10.0 Å². The minimum absolute atomic E-state index is 0.0143. The summed E-state index contributed by atoms with van der Waals surface area (Å²) in [7, 11) is -3.36. The molecule has 7 heteroatoms. The lowest BCUT2D eigenvalue weighted by Crippen LogP contribution is -2.48. The van der Waals surface area contributed by atoms with Crippen LogP contribution in [-0.4, -0.2) is 55.8 Å². The van der Waals surface area contributed by atoms with Crippen LogP contribution < -0.4 is 4.74 Å². The first-order chi connectivity index (χ1) is 15.8. The van der Waals surface area contributed by atoms with Crippen LogP contribution in [0, 0.1) is 19.8 Å². The van der Waals surface area contributed by atoms with Crippen molar-refractivity contribution in [2.75, 3.05) is 26.2 Å². The summed E-state index contributed by atoms with van der Waals surface area (Å²) in [6, 6.07) is 15.5. The zero-order valence-electron chi connectivity index (χ0n) is 19.6. The van der Waals surface area contributed by atoms with Gasteiger partial charge in [-0.15, -0.1) is 0 Å². The second-order valence-corrected chi connectivity index (χ2v) is 11.3. The quantitative estimate of drug-likeness (QED) is 0.642. The van der Waals surface area contributed by atoms with Crippen LogP contribution in [-0.2, 0) is 20.6 Å². The average molecular weight is 471 g/mol. The lowest BCUT2D eigenvalue weighted by Gasteiger charge is -2.37. The summed E-state index contributed by atoms with van der Waals surface area (Å²) < 4.78 is 33.3. The van der Waals surface area contributed by atoms with E-state index in [1.807, 2.05) is 35.2 Å². The Labute approximate surface area is 197 Å². The Morgan fingerprint density at radius 3 is 2.27 bits per heavy atom. The Hall–Kier alpha value is -2.38. The Morgan fingerprint density at radius 1 is 0.939 bits per heavy atom. The number of hydrogen-bond donors (Lipinski definition) is 0. The molecule has 2 aliphatic rings. The van der Waals surface area contributed by atoms with E-state index in [0.29, 0.717) is 39.0 Å². The predicted molar refractivity (Wildman–Crippen MR) is 130 cm³/mol. The van der Waals surface area contributed by atoms with Gasteiger partial charge in [0.1, 0.15) is 11.9 Å². The van der Waals surface area contributed by atoms with Crippen molar-refractivity contribution in [3.8, 4) is 5.75 Å². The molecule has 0 radical (unpaired) electrons. The summed E-state index contributed by atoms with van der Waals surface area (Å²) in [6.07, 6.45) is 2.95. The van der Waals surface area contributed by atoms with Crippen molar-refractivity contribution in [2.45, 2.75) is 51.4 Å². The van der Waals surface area contributed by atoms with Crippen LogP contribution in [0.5, 0.6) is 5.75 Å². The molecule has 0 bridgehead atoms. The summed E-state index contributed by atoms with van der Waals surface area (Å²) >= 11 is 0. The number of carbonyl (C=O) groups excluding carboxylic acids is 1. The molecule has 0 atom stereocenters. The number of rotatable bonds is 6. The van der Waals surface area contributed by atoms with Gasteiger partial charge >= 0.3 is 0 Å². The fraction of sp³-hybridized carbons (Fsp3) is 0.500. The monoisotopic (exact) mass is 470 g/mol. The molecule has 2 heterocycles. The molecule has 0 saturated carbocycles. The molecule has 1 amide bonds. The van der Waals surface area contributed by atoms with Gasteiger partial charge in [-0.05, 0) is 49.4 Å². The number of piperidine rings is 2. The lowest BCUT2D eigenvalue weighted by atomic mass is 9.95. The molecule has 2 aliphatic heterocycles. The number of amides is 1. The molecule has 0 aromatic heterocycles. The fourth-order valence-corrected chi connectivity index (χ4v) is 6.29. The van der Waals surface area contributed by atoms with Crippen molar-refractivity contribution in [2.24, 2.45) is 5.92 Å². The average Bonchev–Trinajstić information content (AvgIpc) is 2.82. The third kappa shape index (κ3) is 5.95. The molecule has 0 N–H and O–H groups in total. The predicted octanol–water partition coefficient (Wildman–Crippen LogP) is 3.92. The molecule has 0 spiro atoms. The highest BCUT2D eigenvalue weighted by Gasteiger charge is 2.34. The summed E-state index contributed by atoms with van der Waals surface area (Å²) in [5.41, 5.74) is 3.11. The van der Waals surface area contributed by atoms with E-state index in [1.54, 1.807) is 4.31 Å². The van der Waals surface area contributed by atoms with Gasteiger partial charge < -0.3 is 9.64 Å². The Kier molecular flexibility index (Phi) is 7.39. The highest BCUT2D eigenvalue weighted by atomic mass is 32.2. The van der Waals surface area contributed by atoms with Crippen LogP contribution in [0.25, 0.3) is 0 Å². The van der Waals surface area contributed by atoms with E-state index in [1.165, 1.54) is 5.56 Å². The van der Waals surface area contributed by atoms with E-state index in [4.69, 9.17) is 4.74 Å². The lowest BCUT2D eigenvalue weighted by molar-refractivity contribution is -0.138. The number of sulfonamides is 1. The maximum absolute atomic E-state index is 13.1. The maximum atomic E-state index is 13.1. The Bertz CT molecular complexity index is 1050. The van der Waals surface area contributed by atoms with Gasteiger partial charge in [0.25, 0.3) is 0 Å². The zero-order valence-corrected chi connectivity index (χ0v) is 20.4. The summed E-state index contributed by atoms with van der Waals surface area (Å²) in [5.74, 6) is 1.02. The number of hydrogen-bond acceptors (Lipinski definition) is 4. The van der Waals surface area contributed by atoms with Gasteiger partial charge in [0.05, 0.1) is 5.75 Å². The first kappa shape index (κ1) is 23.8. The van der Waals surface area contributed by atoms with Crippen LogP contribution in [0.2, 0.25) is 0 Å². The standard InChI is InChI=1S/C26H34N2O4S/c1-20-8-9-21(2)25(18-20)32-24-12-14-27(15-13-24)26(29)23-10-16-28(17-11-23)33(30,31)19-22-6-4-3-5-7-22/h3-9,18,23-24H,10-17,19H2,1-2H3. The molecular weight excluding hydrogens is 436 g/mol. The molecule has 2 fully saturated rings. The second-order valence-electron chi connectivity index (χ2n) is 9.33. The van der Waals surface area contributed by atoms with Crippen LogP contribution in [0.4, 0.5) is 0 Å². The smallest absolute Gasteiger partial charge is 0.225 e. The maximum Gasteiger partial charge on any atom is 0.225 e. The Balaban J connectivity index is 1.25. The summed E-state index contributed by atoms with van der Waals surface area (Å²) in [5, 5.41) is 0. The van der Waals surface area contributed by atoms with E-state index in [-0.39, 0.29) is 23.7 Å². The molecule has 2 saturated heterocycles. The number of ether oxygens (including phenoxy) is 1. The molecular formula is C26H34N2O4S. The summed E-state index contributed by atoms with van der Waals surface area (Å²) in [4.78, 5) is 15.0. The number of likely N-dealkylation sites (tertiary alicyclic amines) is 1. The number of carbonyl (C=O) groups is 1. The summed E-state index contributed by atoms with van der Waals surface area (Å²) in [6.45, 7) is 6.34. The SMILES string of the molecule is Cc1ccc(C)c(OC2CCN(C(=O)C3CCN(S(=O)(=O)Cc4ccccc4)CC3)CC2)c1. The van der Waals surface area contributed by atoms with Gasteiger partial charge in [0.2, 0.25) is 15.9 Å². The second kappa shape index (κ2) is 10.3. The van der Waals surface area contributed by atoms with Gasteiger partial charge in [0.15, 0.2) is 0 Å². The van der Waals surface area contributed by atoms with Gasteiger partial charge in [-0.1, -0.05) is 42.5 Å². The molecule has 0 aliphatic carbocycles. The van der Waals surface area contributed by atoms with Crippen LogP contribution in [0.15, 0.2) is 48.5 Å².